The van der Waals surface area contributed by atoms with E-state index in [0.29, 0.717) is 23.9 Å². The van der Waals surface area contributed by atoms with Crippen molar-refractivity contribution in [1.29, 1.82) is 0 Å². The maximum atomic E-state index is 12.8. The van der Waals surface area contributed by atoms with Crippen molar-refractivity contribution in [2.45, 2.75) is 13.0 Å². The number of rotatable bonds is 5. The number of carbonyl (C=O) groups is 1. The van der Waals surface area contributed by atoms with E-state index in [1.165, 1.54) is 12.1 Å². The van der Waals surface area contributed by atoms with E-state index in [9.17, 15) is 9.18 Å². The molecular formula is C15H13FN6O. The highest BCUT2D eigenvalue weighted by Gasteiger charge is 2.10. The van der Waals surface area contributed by atoms with Crippen LogP contribution in [0.25, 0.3) is 11.5 Å². The van der Waals surface area contributed by atoms with Gasteiger partial charge in [0.2, 0.25) is 11.7 Å². The summed E-state index contributed by atoms with van der Waals surface area (Å²) in [5.74, 6) is 0.302. The number of H-pyrrole nitrogens is 1. The molecule has 0 saturated carbocycles. The van der Waals surface area contributed by atoms with Crippen LogP contribution in [-0.4, -0.2) is 31.1 Å². The van der Waals surface area contributed by atoms with Crippen molar-refractivity contribution in [1.82, 2.24) is 30.5 Å². The second kappa shape index (κ2) is 6.73. The van der Waals surface area contributed by atoms with Crippen LogP contribution in [0.3, 0.4) is 0 Å². The number of halogens is 1. The van der Waals surface area contributed by atoms with Crippen LogP contribution in [-0.2, 0) is 17.8 Å². The number of benzene rings is 1. The Morgan fingerprint density at radius 3 is 2.78 bits per heavy atom. The summed E-state index contributed by atoms with van der Waals surface area (Å²) < 4.78 is 12.8. The molecule has 2 aromatic heterocycles. The van der Waals surface area contributed by atoms with Crippen LogP contribution in [0.5, 0.6) is 0 Å². The lowest BCUT2D eigenvalue weighted by Crippen LogP contribution is -2.25. The molecule has 0 radical (unpaired) electrons. The van der Waals surface area contributed by atoms with Crippen molar-refractivity contribution in [2.24, 2.45) is 0 Å². The Morgan fingerprint density at radius 1 is 1.22 bits per heavy atom. The highest BCUT2D eigenvalue weighted by Crippen LogP contribution is 2.09. The molecule has 0 saturated heterocycles. The molecule has 7 nitrogen and oxygen atoms in total. The molecule has 116 valence electrons. The lowest BCUT2D eigenvalue weighted by Gasteiger charge is -2.03. The fraction of sp³-hybridized carbons (Fsp3) is 0.133. The van der Waals surface area contributed by atoms with Gasteiger partial charge in [-0.15, -0.1) is 0 Å². The fourth-order valence-electron chi connectivity index (χ4n) is 1.92. The zero-order valence-electron chi connectivity index (χ0n) is 12.0. The van der Waals surface area contributed by atoms with Gasteiger partial charge in [0.1, 0.15) is 17.3 Å². The second-order valence-electron chi connectivity index (χ2n) is 4.78. The quantitative estimate of drug-likeness (QED) is 0.739. The molecule has 3 aromatic rings. The summed E-state index contributed by atoms with van der Waals surface area (Å²) in [4.78, 5) is 24.1. The number of aromatic nitrogens is 5. The second-order valence-corrected chi connectivity index (χ2v) is 4.78. The average Bonchev–Trinajstić information content (AvgIpc) is 3.04. The van der Waals surface area contributed by atoms with E-state index in [0.717, 1.165) is 5.56 Å². The van der Waals surface area contributed by atoms with Gasteiger partial charge in [0.25, 0.3) is 0 Å². The first kappa shape index (κ1) is 14.8. The van der Waals surface area contributed by atoms with E-state index in [1.54, 1.807) is 30.7 Å². The summed E-state index contributed by atoms with van der Waals surface area (Å²) in [7, 11) is 0. The maximum absolute atomic E-state index is 12.8. The number of carbonyl (C=O) groups excluding carboxylic acids is 1. The summed E-state index contributed by atoms with van der Waals surface area (Å²) in [5, 5.41) is 9.45. The van der Waals surface area contributed by atoms with Crippen LogP contribution in [0.1, 0.15) is 11.4 Å². The monoisotopic (exact) mass is 312 g/mol. The first-order valence-electron chi connectivity index (χ1n) is 6.89. The largest absolute Gasteiger partial charge is 0.352 e. The molecule has 0 atom stereocenters. The molecule has 0 aliphatic carbocycles. The first-order chi connectivity index (χ1) is 11.2. The Bertz CT molecular complexity index is 787. The van der Waals surface area contributed by atoms with Crippen LogP contribution in [0.4, 0.5) is 4.39 Å². The Balaban J connectivity index is 1.56. The van der Waals surface area contributed by atoms with Gasteiger partial charge in [-0.05, 0) is 17.7 Å². The van der Waals surface area contributed by atoms with Crippen molar-refractivity contribution in [3.63, 3.8) is 0 Å². The van der Waals surface area contributed by atoms with Crippen molar-refractivity contribution in [3.05, 3.63) is 60.1 Å². The highest BCUT2D eigenvalue weighted by atomic mass is 19.1. The van der Waals surface area contributed by atoms with Gasteiger partial charge in [0.15, 0.2) is 0 Å². The molecule has 8 heteroatoms. The molecule has 0 fully saturated rings. The standard InChI is InChI=1S/C15H13FN6O/c16-11-3-1-10(2-4-11)8-19-14(23)7-13-20-15(22-21-13)12-9-17-5-6-18-12/h1-6,9H,7-8H2,(H,19,23)(H,20,21,22). The normalized spacial score (nSPS) is 10.5. The summed E-state index contributed by atoms with van der Waals surface area (Å²) in [6.45, 7) is 0.324. The molecule has 0 spiro atoms. The molecule has 0 aliphatic heterocycles. The first-order valence-corrected chi connectivity index (χ1v) is 6.89. The number of amides is 1. The summed E-state index contributed by atoms with van der Waals surface area (Å²) in [5.41, 5.74) is 1.35. The van der Waals surface area contributed by atoms with E-state index in [2.05, 4.69) is 30.5 Å². The minimum atomic E-state index is -0.307. The van der Waals surface area contributed by atoms with Crippen molar-refractivity contribution < 1.29 is 9.18 Å². The smallest absolute Gasteiger partial charge is 0.227 e. The van der Waals surface area contributed by atoms with E-state index in [4.69, 9.17) is 0 Å². The Hall–Kier alpha value is -3.16. The molecule has 0 bridgehead atoms. The van der Waals surface area contributed by atoms with Crippen LogP contribution in [0.15, 0.2) is 42.9 Å². The molecule has 0 aliphatic rings. The van der Waals surface area contributed by atoms with Crippen LogP contribution in [0.2, 0.25) is 0 Å². The lowest BCUT2D eigenvalue weighted by atomic mass is 10.2. The van der Waals surface area contributed by atoms with Gasteiger partial charge < -0.3 is 5.32 Å². The third-order valence-corrected chi connectivity index (χ3v) is 3.05. The molecular weight excluding hydrogens is 299 g/mol. The van der Waals surface area contributed by atoms with Crippen molar-refractivity contribution in [3.8, 4) is 11.5 Å². The van der Waals surface area contributed by atoms with Crippen molar-refractivity contribution in [2.75, 3.05) is 0 Å². The van der Waals surface area contributed by atoms with E-state index < -0.39 is 0 Å². The van der Waals surface area contributed by atoms with Crippen molar-refractivity contribution >= 4 is 5.91 Å². The number of nitrogens with zero attached hydrogens (tertiary/aromatic N) is 4. The van der Waals surface area contributed by atoms with E-state index in [-0.39, 0.29) is 18.1 Å². The minimum Gasteiger partial charge on any atom is -0.352 e. The number of hydrogen-bond donors (Lipinski definition) is 2. The molecule has 2 heterocycles. The summed E-state index contributed by atoms with van der Waals surface area (Å²) in [6, 6.07) is 5.95. The predicted molar refractivity (Wildman–Crippen MR) is 79.4 cm³/mol. The summed E-state index contributed by atoms with van der Waals surface area (Å²) >= 11 is 0. The predicted octanol–water partition coefficient (Wildman–Crippen LogP) is 1.26. The van der Waals surface area contributed by atoms with E-state index >= 15 is 0 Å². The van der Waals surface area contributed by atoms with Gasteiger partial charge in [-0.25, -0.2) is 14.4 Å². The fourth-order valence-corrected chi connectivity index (χ4v) is 1.92. The third kappa shape index (κ3) is 3.94. The highest BCUT2D eigenvalue weighted by molar-refractivity contribution is 5.77. The lowest BCUT2D eigenvalue weighted by molar-refractivity contribution is -0.120. The van der Waals surface area contributed by atoms with Gasteiger partial charge in [-0.1, -0.05) is 12.1 Å². The van der Waals surface area contributed by atoms with E-state index in [1.807, 2.05) is 0 Å². The Labute approximate surface area is 131 Å². The topological polar surface area (TPSA) is 96.4 Å². The number of aromatic amines is 1. The van der Waals surface area contributed by atoms with Crippen LogP contribution < -0.4 is 5.32 Å². The Morgan fingerprint density at radius 2 is 2.04 bits per heavy atom. The maximum Gasteiger partial charge on any atom is 0.227 e. The average molecular weight is 312 g/mol. The minimum absolute atomic E-state index is 0.0639. The number of hydrogen-bond acceptors (Lipinski definition) is 5. The van der Waals surface area contributed by atoms with Gasteiger partial charge in [0, 0.05) is 18.9 Å². The molecule has 2 N–H and O–H groups in total. The molecule has 23 heavy (non-hydrogen) atoms. The van der Waals surface area contributed by atoms with Crippen LogP contribution in [0, 0.1) is 5.82 Å². The number of nitrogens with one attached hydrogen (secondary N) is 2. The zero-order valence-corrected chi connectivity index (χ0v) is 12.0. The van der Waals surface area contributed by atoms with Gasteiger partial charge >= 0.3 is 0 Å². The van der Waals surface area contributed by atoms with Gasteiger partial charge in [-0.3, -0.25) is 14.9 Å². The zero-order chi connectivity index (χ0) is 16.1. The SMILES string of the molecule is O=C(Cc1nc(-c2cnccn2)n[nH]1)NCc1ccc(F)cc1. The summed E-state index contributed by atoms with van der Waals surface area (Å²) in [6.07, 6.45) is 4.71. The third-order valence-electron chi connectivity index (χ3n) is 3.05. The molecule has 1 amide bonds. The molecule has 3 rings (SSSR count). The van der Waals surface area contributed by atoms with Gasteiger partial charge in [-0.2, -0.15) is 5.10 Å². The molecule has 1 aromatic carbocycles. The van der Waals surface area contributed by atoms with Gasteiger partial charge in [0.05, 0.1) is 12.6 Å². The Kier molecular flexibility index (Phi) is 4.32. The molecule has 0 unspecified atom stereocenters. The van der Waals surface area contributed by atoms with Crippen LogP contribution >= 0.6 is 0 Å².